The summed E-state index contributed by atoms with van der Waals surface area (Å²) < 4.78 is 0. The van der Waals surface area contributed by atoms with Gasteiger partial charge in [0.25, 0.3) is 0 Å². The molecule has 0 saturated heterocycles. The number of hydrogen-bond donors (Lipinski definition) is 0. The summed E-state index contributed by atoms with van der Waals surface area (Å²) in [6.07, 6.45) is 0.879. The summed E-state index contributed by atoms with van der Waals surface area (Å²) in [5.74, 6) is 0. The van der Waals surface area contributed by atoms with E-state index in [1.807, 2.05) is 30.3 Å². The van der Waals surface area contributed by atoms with E-state index < -0.39 is 0 Å². The van der Waals surface area contributed by atoms with Crippen molar-refractivity contribution in [1.82, 2.24) is 0 Å². The van der Waals surface area contributed by atoms with Gasteiger partial charge >= 0.3 is 0 Å². The van der Waals surface area contributed by atoms with E-state index in [2.05, 4.69) is 4.85 Å². The van der Waals surface area contributed by atoms with Crippen LogP contribution in [-0.4, -0.2) is 6.54 Å². The first kappa shape index (κ1) is 6.82. The molecule has 0 aliphatic heterocycles. The van der Waals surface area contributed by atoms with Gasteiger partial charge in [-0.1, -0.05) is 30.3 Å². The Hall–Kier alpha value is -1.29. The highest BCUT2D eigenvalue weighted by Gasteiger charge is 1.90. The molecule has 0 heterocycles. The van der Waals surface area contributed by atoms with Crippen molar-refractivity contribution < 1.29 is 0 Å². The van der Waals surface area contributed by atoms with E-state index in [0.717, 1.165) is 6.42 Å². The first-order valence-corrected chi connectivity index (χ1v) is 3.30. The van der Waals surface area contributed by atoms with E-state index in [1.54, 1.807) is 0 Å². The Bertz CT molecular complexity index is 220. The fourth-order valence-corrected chi connectivity index (χ4v) is 0.830. The van der Waals surface area contributed by atoms with Crippen LogP contribution in [-0.2, 0) is 6.42 Å². The summed E-state index contributed by atoms with van der Waals surface area (Å²) in [7, 11) is 0. The predicted octanol–water partition coefficient (Wildman–Crippen LogP) is 2.15. The normalized spacial score (nSPS) is 8.70. The molecule has 0 amide bonds. The van der Waals surface area contributed by atoms with Crippen LogP contribution in [0.25, 0.3) is 4.85 Å². The molecule has 50 valence electrons. The Kier molecular flexibility index (Phi) is 2.51. The van der Waals surface area contributed by atoms with Gasteiger partial charge in [-0.05, 0) is 5.56 Å². The molecule has 0 spiro atoms. The van der Waals surface area contributed by atoms with Crippen molar-refractivity contribution in [3.8, 4) is 0 Å². The van der Waals surface area contributed by atoms with Gasteiger partial charge in [-0.2, -0.15) is 0 Å². The molecule has 0 saturated carbocycles. The molecule has 0 N–H and O–H groups in total. The maximum Gasteiger partial charge on any atom is 0.218 e. The zero-order valence-corrected chi connectivity index (χ0v) is 5.75. The lowest BCUT2D eigenvalue weighted by atomic mass is 10.2. The monoisotopic (exact) mass is 131 g/mol. The van der Waals surface area contributed by atoms with Gasteiger partial charge in [0, 0.05) is 6.42 Å². The second kappa shape index (κ2) is 3.68. The lowest BCUT2D eigenvalue weighted by molar-refractivity contribution is 1.08. The van der Waals surface area contributed by atoms with E-state index >= 15 is 0 Å². The Morgan fingerprint density at radius 2 is 1.90 bits per heavy atom. The van der Waals surface area contributed by atoms with Crippen molar-refractivity contribution in [2.45, 2.75) is 6.42 Å². The quantitative estimate of drug-likeness (QED) is 0.542. The van der Waals surface area contributed by atoms with Gasteiger partial charge in [0.05, 0.1) is 0 Å². The maximum atomic E-state index is 6.58. The van der Waals surface area contributed by atoms with E-state index in [1.165, 1.54) is 5.56 Å². The molecule has 1 nitrogen and oxygen atoms in total. The molecule has 0 bridgehead atoms. The predicted molar refractivity (Wildman–Crippen MR) is 41.6 cm³/mol. The van der Waals surface area contributed by atoms with E-state index in [-0.39, 0.29) is 0 Å². The van der Waals surface area contributed by atoms with Crippen LogP contribution in [0.15, 0.2) is 30.3 Å². The lowest BCUT2D eigenvalue weighted by Crippen LogP contribution is -1.85. The van der Waals surface area contributed by atoms with Gasteiger partial charge in [-0.3, -0.25) is 0 Å². The van der Waals surface area contributed by atoms with E-state index in [0.29, 0.717) is 6.54 Å². The molecule has 1 rings (SSSR count). The topological polar surface area (TPSA) is 4.36 Å². The Balaban J connectivity index is 2.52. The highest BCUT2D eigenvalue weighted by Crippen LogP contribution is 1.98. The van der Waals surface area contributed by atoms with Gasteiger partial charge in [0.15, 0.2) is 0 Å². The standard InChI is InChI=1S/C9H9N/c1-10-8-7-9-5-3-2-4-6-9/h2-6H,7-8H2. The van der Waals surface area contributed by atoms with Gasteiger partial charge in [-0.15, -0.1) is 0 Å². The molecule has 1 aromatic rings. The van der Waals surface area contributed by atoms with E-state index in [4.69, 9.17) is 6.57 Å². The molecule has 1 heteroatoms. The molecule has 1 aromatic carbocycles. The van der Waals surface area contributed by atoms with Crippen LogP contribution in [0.4, 0.5) is 0 Å². The van der Waals surface area contributed by atoms with Crippen molar-refractivity contribution in [3.05, 3.63) is 47.3 Å². The van der Waals surface area contributed by atoms with E-state index in [9.17, 15) is 0 Å². The van der Waals surface area contributed by atoms with Crippen molar-refractivity contribution in [2.24, 2.45) is 0 Å². The fraction of sp³-hybridized carbons (Fsp3) is 0.222. The van der Waals surface area contributed by atoms with Crippen LogP contribution in [0.2, 0.25) is 0 Å². The number of benzene rings is 1. The molecule has 0 fully saturated rings. The average Bonchev–Trinajstić information content (AvgIpc) is 2.03. The van der Waals surface area contributed by atoms with Crippen molar-refractivity contribution in [1.29, 1.82) is 0 Å². The molecule has 0 unspecified atom stereocenters. The van der Waals surface area contributed by atoms with Crippen LogP contribution in [0, 0.1) is 6.57 Å². The first-order valence-electron chi connectivity index (χ1n) is 3.30. The molecule has 0 aliphatic carbocycles. The summed E-state index contributed by atoms with van der Waals surface area (Å²) in [6, 6.07) is 10.1. The number of hydrogen-bond acceptors (Lipinski definition) is 0. The number of rotatable bonds is 2. The fourth-order valence-electron chi connectivity index (χ4n) is 0.830. The molecule has 0 aliphatic rings. The Morgan fingerprint density at radius 1 is 1.20 bits per heavy atom. The third kappa shape index (κ3) is 1.91. The van der Waals surface area contributed by atoms with Crippen molar-refractivity contribution in [3.63, 3.8) is 0 Å². The molecule has 0 atom stereocenters. The summed E-state index contributed by atoms with van der Waals surface area (Å²) in [5, 5.41) is 0. The molecule has 10 heavy (non-hydrogen) atoms. The SMILES string of the molecule is [C-]#[N+]CCc1ccccc1. The van der Waals surface area contributed by atoms with Gasteiger partial charge in [-0.25, -0.2) is 6.57 Å². The van der Waals surface area contributed by atoms with Crippen LogP contribution in [0.3, 0.4) is 0 Å². The highest BCUT2D eigenvalue weighted by atomic mass is 14.6. The zero-order chi connectivity index (χ0) is 7.23. The Labute approximate surface area is 61.1 Å². The smallest absolute Gasteiger partial charge is 0.218 e. The third-order valence-corrected chi connectivity index (χ3v) is 1.36. The molecule has 0 radical (unpaired) electrons. The van der Waals surface area contributed by atoms with Crippen LogP contribution >= 0.6 is 0 Å². The third-order valence-electron chi connectivity index (χ3n) is 1.36. The maximum absolute atomic E-state index is 6.58. The lowest BCUT2D eigenvalue weighted by Gasteiger charge is -1.91. The minimum absolute atomic E-state index is 0.601. The van der Waals surface area contributed by atoms with Crippen LogP contribution < -0.4 is 0 Å². The molecular formula is C9H9N. The highest BCUT2D eigenvalue weighted by molar-refractivity contribution is 5.15. The molecular weight excluding hydrogens is 122 g/mol. The summed E-state index contributed by atoms with van der Waals surface area (Å²) in [4.78, 5) is 3.28. The zero-order valence-electron chi connectivity index (χ0n) is 5.75. The average molecular weight is 131 g/mol. The van der Waals surface area contributed by atoms with Gasteiger partial charge in [0.1, 0.15) is 0 Å². The number of nitrogens with zero attached hydrogens (tertiary/aromatic N) is 1. The summed E-state index contributed by atoms with van der Waals surface area (Å²) in [5.41, 5.74) is 1.25. The van der Waals surface area contributed by atoms with Crippen molar-refractivity contribution in [2.75, 3.05) is 6.54 Å². The first-order chi connectivity index (χ1) is 4.93. The van der Waals surface area contributed by atoms with Crippen LogP contribution in [0.5, 0.6) is 0 Å². The summed E-state index contributed by atoms with van der Waals surface area (Å²) >= 11 is 0. The van der Waals surface area contributed by atoms with Gasteiger partial charge in [0.2, 0.25) is 6.54 Å². The second-order valence-corrected chi connectivity index (χ2v) is 2.12. The van der Waals surface area contributed by atoms with Crippen LogP contribution in [0.1, 0.15) is 5.56 Å². The van der Waals surface area contributed by atoms with Gasteiger partial charge < -0.3 is 4.85 Å². The Morgan fingerprint density at radius 3 is 2.50 bits per heavy atom. The largest absolute Gasteiger partial charge is 0.317 e. The minimum atomic E-state index is 0.601. The van der Waals surface area contributed by atoms with Crippen molar-refractivity contribution >= 4 is 0 Å². The minimum Gasteiger partial charge on any atom is -0.317 e. The molecule has 0 aromatic heterocycles. The summed E-state index contributed by atoms with van der Waals surface area (Å²) in [6.45, 7) is 7.18. The second-order valence-electron chi connectivity index (χ2n) is 2.12.